The molecule has 0 aliphatic rings. The van der Waals surface area contributed by atoms with Gasteiger partial charge in [0.15, 0.2) is 0 Å². The van der Waals surface area contributed by atoms with Crippen LogP contribution >= 0.6 is 34.8 Å². The van der Waals surface area contributed by atoms with E-state index in [-0.39, 0.29) is 28.2 Å². The zero-order valence-electron chi connectivity index (χ0n) is 22.7. The van der Waals surface area contributed by atoms with Crippen LogP contribution in [0, 0.1) is 6.92 Å². The van der Waals surface area contributed by atoms with Crippen molar-refractivity contribution in [3.05, 3.63) is 92.9 Å². The topological polar surface area (TPSA) is 86.8 Å². The molecule has 7 nitrogen and oxygen atoms in total. The van der Waals surface area contributed by atoms with Gasteiger partial charge in [-0.05, 0) is 63.6 Å². The van der Waals surface area contributed by atoms with Crippen molar-refractivity contribution in [1.82, 2.24) is 10.2 Å². The van der Waals surface area contributed by atoms with E-state index in [2.05, 4.69) is 5.32 Å². The average Bonchev–Trinajstić information content (AvgIpc) is 2.91. The van der Waals surface area contributed by atoms with Gasteiger partial charge >= 0.3 is 0 Å². The second-order valence-electron chi connectivity index (χ2n) is 9.49. The van der Waals surface area contributed by atoms with Crippen molar-refractivity contribution < 1.29 is 18.0 Å². The summed E-state index contributed by atoms with van der Waals surface area (Å²) in [5.41, 5.74) is 1.45. The lowest BCUT2D eigenvalue weighted by Crippen LogP contribution is -2.52. The number of nitrogens with one attached hydrogen (secondary N) is 1. The number of sulfonamides is 1. The molecule has 0 saturated carbocycles. The Labute approximate surface area is 251 Å². The molecule has 3 aromatic carbocycles. The third-order valence-electron chi connectivity index (χ3n) is 6.57. The van der Waals surface area contributed by atoms with Crippen LogP contribution in [0.25, 0.3) is 0 Å². The molecule has 3 rings (SSSR count). The highest BCUT2D eigenvalue weighted by Crippen LogP contribution is 2.31. The molecule has 0 saturated heterocycles. The Balaban J connectivity index is 2.08. The number of anilines is 1. The van der Waals surface area contributed by atoms with Crippen molar-refractivity contribution in [1.29, 1.82) is 0 Å². The largest absolute Gasteiger partial charge is 0.352 e. The monoisotopic (exact) mass is 623 g/mol. The van der Waals surface area contributed by atoms with Gasteiger partial charge in [-0.2, -0.15) is 0 Å². The van der Waals surface area contributed by atoms with E-state index in [0.717, 1.165) is 9.87 Å². The van der Waals surface area contributed by atoms with Gasteiger partial charge in [0.1, 0.15) is 12.6 Å². The third kappa shape index (κ3) is 7.49. The number of carbonyl (C=O) groups excluding carboxylic acids is 2. The van der Waals surface area contributed by atoms with Crippen LogP contribution in [0.15, 0.2) is 71.6 Å². The van der Waals surface area contributed by atoms with Crippen molar-refractivity contribution in [2.24, 2.45) is 0 Å². The van der Waals surface area contributed by atoms with Crippen LogP contribution in [-0.2, 0) is 26.2 Å². The standard InChI is InChI=1S/C29H32Cl3N3O4S/c1-5-20(3)33-29(37)21(4)34(17-23-24(30)10-8-11-25(23)31)28(36)18-35(27-12-7-6-9-26(27)32)40(38,39)22-15-13-19(2)14-16-22/h6-16,20-21H,5,17-18H2,1-4H3,(H,33,37). The first-order valence-corrected chi connectivity index (χ1v) is 15.3. The van der Waals surface area contributed by atoms with Crippen molar-refractivity contribution in [3.63, 3.8) is 0 Å². The van der Waals surface area contributed by atoms with Crippen LogP contribution in [0.2, 0.25) is 15.1 Å². The highest BCUT2D eigenvalue weighted by Gasteiger charge is 2.34. The molecule has 2 unspecified atom stereocenters. The van der Waals surface area contributed by atoms with Crippen LogP contribution in [0.5, 0.6) is 0 Å². The van der Waals surface area contributed by atoms with Gasteiger partial charge in [-0.25, -0.2) is 8.42 Å². The first-order valence-electron chi connectivity index (χ1n) is 12.7. The van der Waals surface area contributed by atoms with Gasteiger partial charge in [0.25, 0.3) is 10.0 Å². The zero-order chi connectivity index (χ0) is 29.6. The lowest BCUT2D eigenvalue weighted by molar-refractivity contribution is -0.139. The van der Waals surface area contributed by atoms with E-state index in [4.69, 9.17) is 34.8 Å². The number of rotatable bonds is 11. The average molecular weight is 625 g/mol. The Morgan fingerprint density at radius 3 is 2.02 bits per heavy atom. The van der Waals surface area contributed by atoms with Crippen LogP contribution in [0.1, 0.15) is 38.3 Å². The molecule has 0 bridgehead atoms. The van der Waals surface area contributed by atoms with Crippen LogP contribution in [0.3, 0.4) is 0 Å². The van der Waals surface area contributed by atoms with Crippen LogP contribution < -0.4 is 9.62 Å². The maximum atomic E-state index is 14.0. The molecule has 0 aliphatic carbocycles. The maximum Gasteiger partial charge on any atom is 0.264 e. The van der Waals surface area contributed by atoms with Gasteiger partial charge in [-0.1, -0.05) is 77.6 Å². The minimum Gasteiger partial charge on any atom is -0.352 e. The lowest BCUT2D eigenvalue weighted by atomic mass is 10.1. The third-order valence-corrected chi connectivity index (χ3v) is 9.37. The molecule has 0 aliphatic heterocycles. The fourth-order valence-corrected chi connectivity index (χ4v) is 6.14. The summed E-state index contributed by atoms with van der Waals surface area (Å²) in [5.74, 6) is -1.03. The first-order chi connectivity index (χ1) is 18.9. The fourth-order valence-electron chi connectivity index (χ4n) is 3.91. The Hall–Kier alpha value is -2.78. The summed E-state index contributed by atoms with van der Waals surface area (Å²) in [6.45, 7) is 6.47. The highest BCUT2D eigenvalue weighted by molar-refractivity contribution is 7.92. The lowest BCUT2D eigenvalue weighted by Gasteiger charge is -2.33. The predicted molar refractivity (Wildman–Crippen MR) is 162 cm³/mol. The summed E-state index contributed by atoms with van der Waals surface area (Å²) in [4.78, 5) is 28.4. The Morgan fingerprint density at radius 1 is 0.875 bits per heavy atom. The molecule has 2 atom stereocenters. The molecule has 3 aromatic rings. The van der Waals surface area contributed by atoms with Crippen molar-refractivity contribution in [2.45, 2.75) is 57.6 Å². The summed E-state index contributed by atoms with van der Waals surface area (Å²) in [6.07, 6.45) is 0.692. The normalized spacial score (nSPS) is 12.9. The number of nitrogens with zero attached hydrogens (tertiary/aromatic N) is 2. The van der Waals surface area contributed by atoms with Gasteiger partial charge in [0, 0.05) is 28.2 Å². The van der Waals surface area contributed by atoms with Crippen LogP contribution in [-0.4, -0.2) is 43.8 Å². The minimum atomic E-state index is -4.23. The molecular formula is C29H32Cl3N3O4S. The molecule has 0 aromatic heterocycles. The zero-order valence-corrected chi connectivity index (χ0v) is 25.8. The van der Waals surface area contributed by atoms with E-state index in [1.54, 1.807) is 55.5 Å². The molecule has 40 heavy (non-hydrogen) atoms. The number of aryl methyl sites for hydroxylation is 1. The molecule has 214 valence electrons. The number of hydrogen-bond acceptors (Lipinski definition) is 4. The van der Waals surface area contributed by atoms with Crippen molar-refractivity contribution in [2.75, 3.05) is 10.8 Å². The number of para-hydroxylation sites is 1. The van der Waals surface area contributed by atoms with E-state index in [9.17, 15) is 18.0 Å². The van der Waals surface area contributed by atoms with E-state index >= 15 is 0 Å². The van der Waals surface area contributed by atoms with Gasteiger partial charge < -0.3 is 10.2 Å². The highest BCUT2D eigenvalue weighted by atomic mass is 35.5. The number of benzene rings is 3. The van der Waals surface area contributed by atoms with Crippen LogP contribution in [0.4, 0.5) is 5.69 Å². The molecule has 0 fully saturated rings. The summed E-state index contributed by atoms with van der Waals surface area (Å²) in [6, 6.07) is 16.5. The molecule has 0 radical (unpaired) electrons. The van der Waals surface area contributed by atoms with Gasteiger partial charge in [0.05, 0.1) is 15.6 Å². The minimum absolute atomic E-state index is 0.00548. The Morgan fingerprint density at radius 2 is 1.45 bits per heavy atom. The van der Waals surface area contributed by atoms with E-state index < -0.39 is 34.4 Å². The second-order valence-corrected chi connectivity index (χ2v) is 12.6. The van der Waals surface area contributed by atoms with E-state index in [0.29, 0.717) is 22.0 Å². The van der Waals surface area contributed by atoms with Crippen molar-refractivity contribution >= 4 is 62.3 Å². The Bertz CT molecular complexity index is 1450. The predicted octanol–water partition coefficient (Wildman–Crippen LogP) is 6.48. The maximum absolute atomic E-state index is 14.0. The molecule has 11 heteroatoms. The number of amides is 2. The summed E-state index contributed by atoms with van der Waals surface area (Å²) in [5, 5.41) is 3.66. The number of carbonyl (C=O) groups is 2. The van der Waals surface area contributed by atoms with Crippen molar-refractivity contribution in [3.8, 4) is 0 Å². The van der Waals surface area contributed by atoms with Gasteiger partial charge in [-0.15, -0.1) is 0 Å². The number of halogens is 3. The Kier molecular flexibility index (Phi) is 10.9. The van der Waals surface area contributed by atoms with E-state index in [1.807, 2.05) is 20.8 Å². The van der Waals surface area contributed by atoms with E-state index in [1.165, 1.54) is 23.1 Å². The quantitative estimate of drug-likeness (QED) is 0.265. The second kappa shape index (κ2) is 13.7. The molecule has 1 N–H and O–H groups in total. The smallest absolute Gasteiger partial charge is 0.264 e. The molecule has 0 heterocycles. The summed E-state index contributed by atoms with van der Waals surface area (Å²) >= 11 is 19.2. The first kappa shape index (κ1) is 31.7. The van der Waals surface area contributed by atoms with Gasteiger partial charge in [0.2, 0.25) is 11.8 Å². The molecule has 0 spiro atoms. The number of hydrogen-bond donors (Lipinski definition) is 1. The summed E-state index contributed by atoms with van der Waals surface area (Å²) < 4.78 is 28.7. The SMILES string of the molecule is CCC(C)NC(=O)C(C)N(Cc1c(Cl)cccc1Cl)C(=O)CN(c1ccccc1Cl)S(=O)(=O)c1ccc(C)cc1. The van der Waals surface area contributed by atoms with Gasteiger partial charge in [-0.3, -0.25) is 13.9 Å². The molecule has 2 amide bonds. The summed E-state index contributed by atoms with van der Waals surface area (Å²) in [7, 11) is -4.23. The molecular weight excluding hydrogens is 593 g/mol. The fraction of sp³-hybridized carbons (Fsp3) is 0.310.